The Morgan fingerprint density at radius 1 is 1.25 bits per heavy atom. The molecule has 0 radical (unpaired) electrons. The summed E-state index contributed by atoms with van der Waals surface area (Å²) in [6, 6.07) is 7.38. The summed E-state index contributed by atoms with van der Waals surface area (Å²) in [4.78, 5) is 2.53. The van der Waals surface area contributed by atoms with E-state index in [1.54, 1.807) is 12.1 Å². The van der Waals surface area contributed by atoms with Gasteiger partial charge in [-0.15, -0.1) is 0 Å². The predicted octanol–water partition coefficient (Wildman–Crippen LogP) is 3.87. The van der Waals surface area contributed by atoms with Crippen molar-refractivity contribution in [2.45, 2.75) is 57.5 Å². The fraction of sp³-hybridized carbons (Fsp3) is 0.647. The van der Waals surface area contributed by atoms with Gasteiger partial charge in [-0.25, -0.2) is 4.39 Å². The summed E-state index contributed by atoms with van der Waals surface area (Å²) in [6.07, 6.45) is 7.51. The van der Waals surface area contributed by atoms with E-state index in [0.717, 1.165) is 19.5 Å². The van der Waals surface area contributed by atoms with E-state index in [1.165, 1.54) is 38.2 Å². The fourth-order valence-corrected chi connectivity index (χ4v) is 3.28. The molecule has 1 aromatic rings. The van der Waals surface area contributed by atoms with Crippen molar-refractivity contribution in [3.8, 4) is 0 Å². The van der Waals surface area contributed by atoms with E-state index < -0.39 is 0 Å². The summed E-state index contributed by atoms with van der Waals surface area (Å²) in [5.41, 5.74) is 6.81. The highest BCUT2D eigenvalue weighted by Crippen LogP contribution is 2.24. The van der Waals surface area contributed by atoms with Crippen LogP contribution in [0, 0.1) is 5.82 Å². The summed E-state index contributed by atoms with van der Waals surface area (Å²) in [5, 5.41) is 0. The summed E-state index contributed by atoms with van der Waals surface area (Å²) < 4.78 is 13.7. The molecule has 0 aromatic heterocycles. The molecule has 3 heteroatoms. The first-order valence-corrected chi connectivity index (χ1v) is 7.96. The van der Waals surface area contributed by atoms with Gasteiger partial charge in [0.05, 0.1) is 0 Å². The number of hydrogen-bond acceptors (Lipinski definition) is 2. The number of benzene rings is 1. The standard InChI is InChI=1S/C17H27FN2/c1-2-20(14-8-4-3-5-9-14)13-12-17(19)15-10-6-7-11-16(15)18/h6-7,10-11,14,17H,2-5,8-9,12-13,19H2,1H3. The summed E-state index contributed by atoms with van der Waals surface area (Å²) in [6.45, 7) is 4.24. The highest BCUT2D eigenvalue weighted by molar-refractivity contribution is 5.20. The predicted molar refractivity (Wildman–Crippen MR) is 82.1 cm³/mol. The van der Waals surface area contributed by atoms with E-state index in [4.69, 9.17) is 5.73 Å². The molecule has 0 bridgehead atoms. The van der Waals surface area contributed by atoms with Crippen molar-refractivity contribution in [2.75, 3.05) is 13.1 Å². The molecule has 0 saturated heterocycles. The highest BCUT2D eigenvalue weighted by Gasteiger charge is 2.20. The Bertz CT molecular complexity index is 402. The van der Waals surface area contributed by atoms with E-state index in [-0.39, 0.29) is 11.9 Å². The molecule has 1 fully saturated rings. The van der Waals surface area contributed by atoms with Crippen molar-refractivity contribution in [3.63, 3.8) is 0 Å². The maximum absolute atomic E-state index is 13.7. The molecular weight excluding hydrogens is 251 g/mol. The van der Waals surface area contributed by atoms with Crippen LogP contribution in [0.25, 0.3) is 0 Å². The van der Waals surface area contributed by atoms with Crippen LogP contribution in [-0.4, -0.2) is 24.0 Å². The van der Waals surface area contributed by atoms with E-state index in [9.17, 15) is 4.39 Å². The summed E-state index contributed by atoms with van der Waals surface area (Å²) in [7, 11) is 0. The molecule has 0 heterocycles. The van der Waals surface area contributed by atoms with Crippen LogP contribution in [0.5, 0.6) is 0 Å². The lowest BCUT2D eigenvalue weighted by atomic mass is 9.93. The topological polar surface area (TPSA) is 29.3 Å². The lowest BCUT2D eigenvalue weighted by molar-refractivity contribution is 0.158. The van der Waals surface area contributed by atoms with Crippen molar-refractivity contribution < 1.29 is 4.39 Å². The van der Waals surface area contributed by atoms with Gasteiger partial charge in [0.2, 0.25) is 0 Å². The maximum Gasteiger partial charge on any atom is 0.127 e. The Balaban J connectivity index is 1.87. The Kier molecular flexibility index (Phi) is 5.99. The third kappa shape index (κ3) is 4.03. The van der Waals surface area contributed by atoms with Gasteiger partial charge in [0.15, 0.2) is 0 Å². The molecule has 1 aliphatic carbocycles. The van der Waals surface area contributed by atoms with Gasteiger partial charge in [0, 0.05) is 24.2 Å². The van der Waals surface area contributed by atoms with Crippen molar-refractivity contribution in [1.82, 2.24) is 4.90 Å². The first-order chi connectivity index (χ1) is 9.72. The molecule has 0 spiro atoms. The SMILES string of the molecule is CCN(CCC(N)c1ccccc1F)C1CCCCC1. The summed E-state index contributed by atoms with van der Waals surface area (Å²) >= 11 is 0. The zero-order valence-corrected chi connectivity index (χ0v) is 12.5. The second-order valence-corrected chi connectivity index (χ2v) is 5.84. The van der Waals surface area contributed by atoms with Crippen molar-refractivity contribution in [2.24, 2.45) is 5.73 Å². The molecule has 1 aliphatic rings. The van der Waals surface area contributed by atoms with E-state index in [1.807, 2.05) is 6.07 Å². The average Bonchev–Trinajstić information content (AvgIpc) is 2.49. The van der Waals surface area contributed by atoms with Gasteiger partial charge in [-0.1, -0.05) is 44.4 Å². The fourth-order valence-electron chi connectivity index (χ4n) is 3.28. The largest absolute Gasteiger partial charge is 0.324 e. The quantitative estimate of drug-likeness (QED) is 0.856. The first kappa shape index (κ1) is 15.5. The zero-order valence-electron chi connectivity index (χ0n) is 12.5. The van der Waals surface area contributed by atoms with Gasteiger partial charge < -0.3 is 10.6 Å². The van der Waals surface area contributed by atoms with Crippen LogP contribution in [0.15, 0.2) is 24.3 Å². The molecule has 20 heavy (non-hydrogen) atoms. The number of hydrogen-bond donors (Lipinski definition) is 1. The molecule has 1 unspecified atom stereocenters. The van der Waals surface area contributed by atoms with Crippen LogP contribution in [0.4, 0.5) is 4.39 Å². The third-order valence-corrected chi connectivity index (χ3v) is 4.53. The molecule has 0 aliphatic heterocycles. The van der Waals surface area contributed by atoms with Crippen LogP contribution in [0.2, 0.25) is 0 Å². The molecule has 112 valence electrons. The lowest BCUT2D eigenvalue weighted by Gasteiger charge is -2.34. The lowest BCUT2D eigenvalue weighted by Crippen LogP contribution is -2.38. The Morgan fingerprint density at radius 3 is 2.60 bits per heavy atom. The number of halogens is 1. The Hall–Kier alpha value is -0.930. The van der Waals surface area contributed by atoms with Gasteiger partial charge in [-0.05, 0) is 31.9 Å². The van der Waals surface area contributed by atoms with Crippen LogP contribution < -0.4 is 5.73 Å². The summed E-state index contributed by atoms with van der Waals surface area (Å²) in [5.74, 6) is -0.180. The van der Waals surface area contributed by atoms with Gasteiger partial charge in [0.1, 0.15) is 5.82 Å². The van der Waals surface area contributed by atoms with Gasteiger partial charge in [-0.2, -0.15) is 0 Å². The van der Waals surface area contributed by atoms with Crippen LogP contribution in [-0.2, 0) is 0 Å². The van der Waals surface area contributed by atoms with E-state index in [0.29, 0.717) is 11.6 Å². The van der Waals surface area contributed by atoms with Crippen LogP contribution >= 0.6 is 0 Å². The average molecular weight is 278 g/mol. The van der Waals surface area contributed by atoms with Crippen LogP contribution in [0.1, 0.15) is 57.1 Å². The molecule has 2 N–H and O–H groups in total. The van der Waals surface area contributed by atoms with Gasteiger partial charge >= 0.3 is 0 Å². The minimum Gasteiger partial charge on any atom is -0.324 e. The third-order valence-electron chi connectivity index (χ3n) is 4.53. The molecule has 2 rings (SSSR count). The first-order valence-electron chi connectivity index (χ1n) is 7.96. The molecule has 0 amide bonds. The normalized spacial score (nSPS) is 18.4. The Morgan fingerprint density at radius 2 is 1.95 bits per heavy atom. The maximum atomic E-state index is 13.7. The van der Waals surface area contributed by atoms with Gasteiger partial charge in [-0.3, -0.25) is 0 Å². The molecule has 2 nitrogen and oxygen atoms in total. The second-order valence-electron chi connectivity index (χ2n) is 5.84. The van der Waals surface area contributed by atoms with Gasteiger partial charge in [0.25, 0.3) is 0 Å². The smallest absolute Gasteiger partial charge is 0.127 e. The van der Waals surface area contributed by atoms with Crippen molar-refractivity contribution >= 4 is 0 Å². The minimum absolute atomic E-state index is 0.180. The van der Waals surface area contributed by atoms with Crippen molar-refractivity contribution in [1.29, 1.82) is 0 Å². The van der Waals surface area contributed by atoms with E-state index in [2.05, 4.69) is 11.8 Å². The number of rotatable bonds is 6. The number of nitrogens with two attached hydrogens (primary N) is 1. The molecule has 1 saturated carbocycles. The number of nitrogens with zero attached hydrogens (tertiary/aromatic N) is 1. The monoisotopic (exact) mass is 278 g/mol. The molecule has 1 atom stereocenters. The highest BCUT2D eigenvalue weighted by atomic mass is 19.1. The minimum atomic E-state index is -0.200. The van der Waals surface area contributed by atoms with Crippen LogP contribution in [0.3, 0.4) is 0 Å². The van der Waals surface area contributed by atoms with Crippen molar-refractivity contribution in [3.05, 3.63) is 35.6 Å². The Labute approximate surface area is 122 Å². The second kappa shape index (κ2) is 7.75. The molecular formula is C17H27FN2. The molecule has 1 aromatic carbocycles. The zero-order chi connectivity index (χ0) is 14.4. The van der Waals surface area contributed by atoms with E-state index >= 15 is 0 Å².